The molecule has 0 aliphatic carbocycles. The molecule has 2 N–H and O–H groups in total. The highest BCUT2D eigenvalue weighted by Gasteiger charge is 2.28. The van der Waals surface area contributed by atoms with Crippen molar-refractivity contribution in [2.24, 2.45) is 5.92 Å². The van der Waals surface area contributed by atoms with Crippen molar-refractivity contribution in [2.75, 3.05) is 30.9 Å². The van der Waals surface area contributed by atoms with Crippen molar-refractivity contribution < 1.29 is 14.3 Å². The number of para-hydroxylation sites is 1. The Morgan fingerprint density at radius 1 is 1.42 bits per heavy atom. The van der Waals surface area contributed by atoms with Crippen molar-refractivity contribution in [3.63, 3.8) is 0 Å². The first-order chi connectivity index (χ1) is 11.6. The van der Waals surface area contributed by atoms with Crippen LogP contribution in [0.15, 0.2) is 24.3 Å². The highest BCUT2D eigenvalue weighted by Crippen LogP contribution is 2.28. The number of hydrogen-bond donors (Lipinski definition) is 2. The predicted octanol–water partition coefficient (Wildman–Crippen LogP) is 0.767. The molecule has 0 unspecified atom stereocenters. The zero-order valence-corrected chi connectivity index (χ0v) is 13.6. The molecule has 1 atom stereocenters. The molecule has 8 nitrogen and oxygen atoms in total. The first-order valence-electron chi connectivity index (χ1n) is 7.65. The normalized spacial score (nSPS) is 16.4. The maximum atomic E-state index is 12.5. The number of aromatic nitrogens is 3. The Morgan fingerprint density at radius 2 is 2.21 bits per heavy atom. The SMILES string of the molecule is COC(=O)Cc1nc(NC(=O)[C@H]2Cc3ccccc3N(C)C2)n[nH]1. The lowest BCUT2D eigenvalue weighted by Gasteiger charge is -2.32. The molecular weight excluding hydrogens is 310 g/mol. The van der Waals surface area contributed by atoms with Crippen LogP contribution in [0.2, 0.25) is 0 Å². The van der Waals surface area contributed by atoms with E-state index in [4.69, 9.17) is 0 Å². The van der Waals surface area contributed by atoms with E-state index in [-0.39, 0.29) is 24.2 Å². The number of benzene rings is 1. The number of ether oxygens (including phenoxy) is 1. The lowest BCUT2D eigenvalue weighted by atomic mass is 9.92. The number of methoxy groups -OCH3 is 1. The van der Waals surface area contributed by atoms with Gasteiger partial charge in [-0.05, 0) is 18.1 Å². The molecule has 1 aromatic carbocycles. The van der Waals surface area contributed by atoms with E-state index < -0.39 is 5.97 Å². The number of H-pyrrole nitrogens is 1. The number of nitrogens with one attached hydrogen (secondary N) is 2. The summed E-state index contributed by atoms with van der Waals surface area (Å²) in [7, 11) is 3.28. The molecule has 0 spiro atoms. The molecule has 2 heterocycles. The smallest absolute Gasteiger partial charge is 0.313 e. The molecule has 1 aromatic heterocycles. The van der Waals surface area contributed by atoms with Crippen LogP contribution in [0.25, 0.3) is 0 Å². The highest BCUT2D eigenvalue weighted by atomic mass is 16.5. The van der Waals surface area contributed by atoms with Gasteiger partial charge < -0.3 is 9.64 Å². The Labute approximate surface area is 139 Å². The summed E-state index contributed by atoms with van der Waals surface area (Å²) in [5.74, 6) is -0.231. The topological polar surface area (TPSA) is 100 Å². The van der Waals surface area contributed by atoms with Crippen molar-refractivity contribution in [1.82, 2.24) is 15.2 Å². The van der Waals surface area contributed by atoms with Crippen molar-refractivity contribution in [3.05, 3.63) is 35.7 Å². The number of anilines is 2. The molecular formula is C16H19N5O3. The van der Waals surface area contributed by atoms with E-state index in [1.165, 1.54) is 7.11 Å². The molecule has 0 saturated heterocycles. The number of rotatable bonds is 4. The van der Waals surface area contributed by atoms with Gasteiger partial charge in [0.15, 0.2) is 0 Å². The maximum absolute atomic E-state index is 12.5. The van der Waals surface area contributed by atoms with Gasteiger partial charge in [0.05, 0.1) is 13.0 Å². The molecule has 0 bridgehead atoms. The Balaban J connectivity index is 1.65. The van der Waals surface area contributed by atoms with Crippen LogP contribution >= 0.6 is 0 Å². The van der Waals surface area contributed by atoms with Gasteiger partial charge in [0.1, 0.15) is 12.2 Å². The largest absolute Gasteiger partial charge is 0.469 e. The van der Waals surface area contributed by atoms with Crippen LogP contribution in [0, 0.1) is 5.92 Å². The zero-order chi connectivity index (χ0) is 17.1. The van der Waals surface area contributed by atoms with E-state index in [2.05, 4.69) is 36.2 Å². The predicted molar refractivity (Wildman–Crippen MR) is 87.6 cm³/mol. The van der Waals surface area contributed by atoms with Gasteiger partial charge in [0.2, 0.25) is 11.9 Å². The Bertz CT molecular complexity index is 758. The van der Waals surface area contributed by atoms with Crippen molar-refractivity contribution in [2.45, 2.75) is 12.8 Å². The average Bonchev–Trinajstić information content (AvgIpc) is 3.01. The van der Waals surface area contributed by atoms with E-state index in [0.29, 0.717) is 18.8 Å². The van der Waals surface area contributed by atoms with E-state index in [9.17, 15) is 9.59 Å². The second-order valence-electron chi connectivity index (χ2n) is 5.76. The molecule has 0 radical (unpaired) electrons. The summed E-state index contributed by atoms with van der Waals surface area (Å²) in [6.45, 7) is 0.627. The highest BCUT2D eigenvalue weighted by molar-refractivity contribution is 5.92. The molecule has 2 aromatic rings. The molecule has 8 heteroatoms. The Kier molecular flexibility index (Phi) is 4.45. The number of amides is 1. The summed E-state index contributed by atoms with van der Waals surface area (Å²) in [5, 5.41) is 9.23. The molecule has 1 amide bonds. The van der Waals surface area contributed by atoms with Crippen molar-refractivity contribution >= 4 is 23.5 Å². The summed E-state index contributed by atoms with van der Waals surface area (Å²) in [6, 6.07) is 8.05. The van der Waals surface area contributed by atoms with E-state index in [0.717, 1.165) is 11.3 Å². The fourth-order valence-corrected chi connectivity index (χ4v) is 2.84. The Morgan fingerprint density at radius 3 is 3.00 bits per heavy atom. The van der Waals surface area contributed by atoms with Gasteiger partial charge in [0.25, 0.3) is 0 Å². The van der Waals surface area contributed by atoms with Crippen molar-refractivity contribution in [3.8, 4) is 0 Å². The first kappa shape index (κ1) is 16.0. The molecule has 24 heavy (non-hydrogen) atoms. The fourth-order valence-electron chi connectivity index (χ4n) is 2.84. The van der Waals surface area contributed by atoms with Gasteiger partial charge in [0, 0.05) is 19.3 Å². The number of aromatic amines is 1. The second-order valence-corrected chi connectivity index (χ2v) is 5.76. The third-order valence-corrected chi connectivity index (χ3v) is 4.04. The standard InChI is InChI=1S/C16H19N5O3/c1-21-9-11(7-10-5-3-4-6-12(10)21)15(23)18-16-17-13(19-20-16)8-14(22)24-2/h3-6,11H,7-9H2,1-2H3,(H2,17,18,19,20,23)/t11-/m0/s1. The van der Waals surface area contributed by atoms with Gasteiger partial charge in [-0.2, -0.15) is 4.98 Å². The Hall–Kier alpha value is -2.90. The number of nitrogens with zero attached hydrogens (tertiary/aromatic N) is 3. The van der Waals surface area contributed by atoms with Crippen LogP contribution in [0.4, 0.5) is 11.6 Å². The minimum atomic E-state index is -0.422. The number of carbonyl (C=O) groups excluding carboxylic acids is 2. The minimum Gasteiger partial charge on any atom is -0.469 e. The van der Waals surface area contributed by atoms with E-state index in [1.807, 2.05) is 25.2 Å². The number of esters is 1. The van der Waals surface area contributed by atoms with E-state index in [1.54, 1.807) is 0 Å². The molecule has 1 aliphatic rings. The fraction of sp³-hybridized carbons (Fsp3) is 0.375. The van der Waals surface area contributed by atoms with Gasteiger partial charge >= 0.3 is 5.97 Å². The summed E-state index contributed by atoms with van der Waals surface area (Å²) in [4.78, 5) is 29.9. The van der Waals surface area contributed by atoms with Crippen LogP contribution in [0.5, 0.6) is 0 Å². The molecule has 0 fully saturated rings. The minimum absolute atomic E-state index is 0.0150. The van der Waals surface area contributed by atoms with E-state index >= 15 is 0 Å². The van der Waals surface area contributed by atoms with Crippen LogP contribution in [0.3, 0.4) is 0 Å². The number of carbonyl (C=O) groups is 2. The lowest BCUT2D eigenvalue weighted by Crippen LogP contribution is -2.39. The number of fused-ring (bicyclic) bond motifs is 1. The quantitative estimate of drug-likeness (QED) is 0.804. The molecule has 0 saturated carbocycles. The van der Waals surface area contributed by atoms with Gasteiger partial charge in [-0.15, -0.1) is 5.10 Å². The third kappa shape index (κ3) is 3.37. The van der Waals surface area contributed by atoms with Crippen LogP contribution in [0.1, 0.15) is 11.4 Å². The molecule has 126 valence electrons. The summed E-state index contributed by atoms with van der Waals surface area (Å²) in [5.41, 5.74) is 2.30. The van der Waals surface area contributed by atoms with Gasteiger partial charge in [-0.1, -0.05) is 18.2 Å². The van der Waals surface area contributed by atoms with Gasteiger partial charge in [-0.25, -0.2) is 0 Å². The average molecular weight is 329 g/mol. The van der Waals surface area contributed by atoms with Crippen LogP contribution in [-0.4, -0.2) is 47.8 Å². The molecule has 3 rings (SSSR count). The van der Waals surface area contributed by atoms with Crippen LogP contribution < -0.4 is 10.2 Å². The zero-order valence-electron chi connectivity index (χ0n) is 13.6. The summed E-state index contributed by atoms with van der Waals surface area (Å²) >= 11 is 0. The lowest BCUT2D eigenvalue weighted by molar-refractivity contribution is -0.139. The number of hydrogen-bond acceptors (Lipinski definition) is 6. The summed E-state index contributed by atoms with van der Waals surface area (Å²) in [6.07, 6.45) is 0.657. The van der Waals surface area contributed by atoms with Crippen molar-refractivity contribution in [1.29, 1.82) is 0 Å². The summed E-state index contributed by atoms with van der Waals surface area (Å²) < 4.78 is 4.57. The second kappa shape index (κ2) is 6.69. The monoisotopic (exact) mass is 329 g/mol. The van der Waals surface area contributed by atoms with Gasteiger partial charge in [-0.3, -0.25) is 20.0 Å². The van der Waals surface area contributed by atoms with Crippen LogP contribution in [-0.2, 0) is 27.2 Å². The first-order valence-corrected chi connectivity index (χ1v) is 7.65. The molecule has 1 aliphatic heterocycles. The third-order valence-electron chi connectivity index (χ3n) is 4.04. The maximum Gasteiger partial charge on any atom is 0.313 e.